The Morgan fingerprint density at radius 3 is 2.00 bits per heavy atom. The second kappa shape index (κ2) is 1.65. The predicted molar refractivity (Wildman–Crippen MR) is 26.0 cm³/mol. The van der Waals surface area contributed by atoms with E-state index in [4.69, 9.17) is 0 Å². The number of dihydropyridines is 1. The highest BCUT2D eigenvalue weighted by Gasteiger charge is 1.73. The van der Waals surface area contributed by atoms with E-state index in [9.17, 15) is 0 Å². The van der Waals surface area contributed by atoms with Crippen LogP contribution in [-0.2, 0) is 0 Å². The Kier molecular flexibility index (Phi) is 0.955. The van der Waals surface area contributed by atoms with Crippen LogP contribution in [0.1, 0.15) is 6.42 Å². The lowest BCUT2D eigenvalue weighted by Crippen LogP contribution is -1.93. The topological polar surface area (TPSA) is 12.0 Å². The van der Waals surface area contributed by atoms with Crippen LogP contribution in [0.25, 0.3) is 0 Å². The highest BCUT2D eigenvalue weighted by Crippen LogP contribution is 1.86. The first-order valence-electron chi connectivity index (χ1n) is 2.06. The highest BCUT2D eigenvalue weighted by molar-refractivity contribution is 4.98. The van der Waals surface area contributed by atoms with E-state index in [0.717, 1.165) is 6.42 Å². The minimum atomic E-state index is 1.08. The number of nitrogens with one attached hydrogen (secondary N) is 1. The minimum Gasteiger partial charge on any atom is -0.368 e. The van der Waals surface area contributed by atoms with Crippen molar-refractivity contribution >= 4 is 0 Å². The molecule has 0 saturated heterocycles. The van der Waals surface area contributed by atoms with E-state index in [0.29, 0.717) is 0 Å². The fourth-order valence-electron chi connectivity index (χ4n) is 0.406. The molecule has 0 atom stereocenters. The Morgan fingerprint density at radius 1 is 1.17 bits per heavy atom. The maximum Gasteiger partial charge on any atom is -0.00326 e. The first kappa shape index (κ1) is 3.47. The maximum atomic E-state index is 2.92. The Hall–Kier alpha value is -0.720. The predicted octanol–water partition coefficient (Wildman–Crippen LogP) is 1.01. The second-order valence-corrected chi connectivity index (χ2v) is 1.21. The average Bonchev–Trinajstić information content (AvgIpc) is 1.72. The van der Waals surface area contributed by atoms with Gasteiger partial charge < -0.3 is 5.32 Å². The van der Waals surface area contributed by atoms with Gasteiger partial charge in [0.15, 0.2) is 0 Å². The molecule has 0 unspecified atom stereocenters. The summed E-state index contributed by atoms with van der Waals surface area (Å²) < 4.78 is 0. The third-order valence-electron chi connectivity index (χ3n) is 0.700. The zero-order valence-corrected chi connectivity index (χ0v) is 3.52. The van der Waals surface area contributed by atoms with Crippen molar-refractivity contribution in [2.45, 2.75) is 6.42 Å². The lowest BCUT2D eigenvalue weighted by atomic mass is 10.4. The molecule has 0 spiro atoms. The van der Waals surface area contributed by atoms with Gasteiger partial charge in [-0.15, -0.1) is 0 Å². The van der Waals surface area contributed by atoms with Gasteiger partial charge in [-0.3, -0.25) is 0 Å². The monoisotopic (exact) mass is 82.1 g/mol. The maximum absolute atomic E-state index is 2.92. The minimum absolute atomic E-state index is 1.08. The van der Waals surface area contributed by atoms with E-state index >= 15 is 0 Å². The molecule has 1 nitrogen and oxygen atoms in total. The summed E-state index contributed by atoms with van der Waals surface area (Å²) in [5, 5.41) is 2.92. The van der Waals surface area contributed by atoms with E-state index in [1.165, 1.54) is 0 Å². The molecule has 0 radical (unpaired) electrons. The summed E-state index contributed by atoms with van der Waals surface area (Å²) in [5.41, 5.74) is 0. The molecule has 32 valence electrons. The Balaban J connectivity index is 2.40. The summed E-state index contributed by atoms with van der Waals surface area (Å²) >= 11 is 0. The van der Waals surface area contributed by atoms with Crippen molar-refractivity contribution in [1.82, 2.24) is 5.32 Å². The summed E-state index contributed by atoms with van der Waals surface area (Å²) in [6.07, 6.45) is 9.08. The van der Waals surface area contributed by atoms with Crippen molar-refractivity contribution in [1.29, 1.82) is 0 Å². The molecular formula is C5H7N. The Labute approximate surface area is 37.4 Å². The molecular weight excluding hydrogens is 75.1 g/mol. The molecule has 6 heavy (non-hydrogen) atoms. The summed E-state index contributed by atoms with van der Waals surface area (Å²) in [7, 11) is 0. The molecule has 0 saturated carbocycles. The van der Waals surface area contributed by atoms with Crippen LogP contribution in [0.3, 0.4) is 0 Å². The molecule has 1 rings (SSSR count). The average molecular weight is 82.1 g/mol. The van der Waals surface area contributed by atoms with Crippen LogP contribution in [0.15, 0.2) is 24.6 Å². The molecule has 0 aromatic carbocycles. The fraction of sp³-hybridized carbons (Fsp3) is 0.200. The van der Waals surface area contributed by atoms with Crippen LogP contribution in [0, 0.1) is 0 Å². The number of hydrogen-bond acceptors (Lipinski definition) is 1. The molecule has 0 amide bonds. The van der Waals surface area contributed by atoms with Gasteiger partial charge >= 0.3 is 0 Å². The number of allylic oxidation sites excluding steroid dienone is 2. The zero-order valence-electron chi connectivity index (χ0n) is 3.52. The van der Waals surface area contributed by atoms with Crippen LogP contribution >= 0.6 is 0 Å². The zero-order chi connectivity index (χ0) is 4.24. The molecule has 0 fully saturated rings. The fourth-order valence-corrected chi connectivity index (χ4v) is 0.406. The SMILES string of the molecule is C1=CN[13CH]=CC1. The van der Waals surface area contributed by atoms with Gasteiger partial charge in [0.1, 0.15) is 0 Å². The molecule has 0 aromatic heterocycles. The van der Waals surface area contributed by atoms with Crippen molar-refractivity contribution in [3.05, 3.63) is 24.6 Å². The molecule has 1 aliphatic rings. The van der Waals surface area contributed by atoms with Gasteiger partial charge in [0.25, 0.3) is 0 Å². The van der Waals surface area contributed by atoms with Crippen molar-refractivity contribution < 1.29 is 0 Å². The van der Waals surface area contributed by atoms with Crippen LogP contribution in [0.4, 0.5) is 0 Å². The van der Waals surface area contributed by atoms with Gasteiger partial charge in [-0.05, 0) is 18.8 Å². The van der Waals surface area contributed by atoms with Gasteiger partial charge in [0.05, 0.1) is 0 Å². The first-order valence-corrected chi connectivity index (χ1v) is 2.06. The molecule has 1 heterocycles. The van der Waals surface area contributed by atoms with Gasteiger partial charge in [0.2, 0.25) is 0 Å². The van der Waals surface area contributed by atoms with Gasteiger partial charge in [-0.1, -0.05) is 12.2 Å². The molecule has 0 aliphatic carbocycles. The molecule has 1 aliphatic heterocycles. The highest BCUT2D eigenvalue weighted by atomic mass is 15.0. The van der Waals surface area contributed by atoms with Crippen molar-refractivity contribution in [3.8, 4) is 0 Å². The van der Waals surface area contributed by atoms with Gasteiger partial charge in [0, 0.05) is 0 Å². The summed E-state index contributed by atoms with van der Waals surface area (Å²) in [6.45, 7) is 0. The van der Waals surface area contributed by atoms with Crippen LogP contribution in [0.5, 0.6) is 0 Å². The molecule has 0 bridgehead atoms. The quantitative estimate of drug-likeness (QED) is 0.430. The second-order valence-electron chi connectivity index (χ2n) is 1.21. The van der Waals surface area contributed by atoms with E-state index in [-0.39, 0.29) is 0 Å². The van der Waals surface area contributed by atoms with Crippen LogP contribution in [-0.4, -0.2) is 0 Å². The lowest BCUT2D eigenvalue weighted by molar-refractivity contribution is 1.11. The third kappa shape index (κ3) is 0.612. The smallest absolute Gasteiger partial charge is 0.00326 e. The van der Waals surface area contributed by atoms with Crippen molar-refractivity contribution in [2.24, 2.45) is 0 Å². The summed E-state index contributed by atoms with van der Waals surface area (Å²) in [6, 6.07) is 0. The van der Waals surface area contributed by atoms with E-state index in [1.807, 2.05) is 12.4 Å². The van der Waals surface area contributed by atoms with E-state index in [1.54, 1.807) is 0 Å². The van der Waals surface area contributed by atoms with Gasteiger partial charge in [-0.2, -0.15) is 0 Å². The largest absolute Gasteiger partial charge is 0.368 e. The first-order chi connectivity index (χ1) is 3.00. The molecule has 0 aromatic rings. The normalized spacial score (nSPS) is 17.3. The van der Waals surface area contributed by atoms with Crippen molar-refractivity contribution in [3.63, 3.8) is 0 Å². The van der Waals surface area contributed by atoms with Gasteiger partial charge in [-0.25, -0.2) is 0 Å². The van der Waals surface area contributed by atoms with Crippen molar-refractivity contribution in [2.75, 3.05) is 0 Å². The molecule has 1 N–H and O–H groups in total. The summed E-state index contributed by atoms with van der Waals surface area (Å²) in [4.78, 5) is 0. The van der Waals surface area contributed by atoms with Crippen LogP contribution in [0.2, 0.25) is 0 Å². The number of hydrogen-bond donors (Lipinski definition) is 1. The Morgan fingerprint density at radius 2 is 1.83 bits per heavy atom. The summed E-state index contributed by atoms with van der Waals surface area (Å²) in [5.74, 6) is 0. The van der Waals surface area contributed by atoms with E-state index in [2.05, 4.69) is 17.5 Å². The van der Waals surface area contributed by atoms with E-state index < -0.39 is 0 Å². The Bertz CT molecular complexity index is 61.9. The van der Waals surface area contributed by atoms with Crippen LogP contribution < -0.4 is 5.32 Å². The molecule has 1 heteroatoms. The third-order valence-corrected chi connectivity index (χ3v) is 0.700. The standard InChI is InChI=1S/C5H7N/c1-2-4-6-5-3-1/h2-6H,1H2/i4+1. The lowest BCUT2D eigenvalue weighted by Gasteiger charge is -1.92. The number of rotatable bonds is 0.